The van der Waals surface area contributed by atoms with E-state index in [2.05, 4.69) is 28.1 Å². The standard InChI is InChI=1S/C17H14BrNO2/c18-8-1-3-9(4-2-8)19-16(20)14-10-5-6-11(13-7-12(10)13)15(14)17(19)21/h1-6,10-15H,7H2/t10-,11-,12-,13+,14+,15-/m1/s1. The molecule has 21 heavy (non-hydrogen) atoms. The zero-order chi connectivity index (χ0) is 14.3. The van der Waals surface area contributed by atoms with Crippen molar-refractivity contribution in [2.24, 2.45) is 35.5 Å². The molecule has 1 aromatic carbocycles. The van der Waals surface area contributed by atoms with Crippen molar-refractivity contribution in [3.05, 3.63) is 40.9 Å². The van der Waals surface area contributed by atoms with Crippen molar-refractivity contribution < 1.29 is 9.59 Å². The Morgan fingerprint density at radius 2 is 1.43 bits per heavy atom. The highest BCUT2D eigenvalue weighted by molar-refractivity contribution is 9.10. The molecule has 6 atom stereocenters. The predicted octanol–water partition coefficient (Wildman–Crippen LogP) is 3.01. The molecular weight excluding hydrogens is 330 g/mol. The fourth-order valence-corrected chi connectivity index (χ4v) is 5.07. The molecule has 4 heteroatoms. The fraction of sp³-hybridized carbons (Fsp3) is 0.412. The molecule has 2 saturated carbocycles. The van der Waals surface area contributed by atoms with Crippen molar-refractivity contribution in [1.29, 1.82) is 0 Å². The van der Waals surface area contributed by atoms with E-state index in [1.807, 2.05) is 24.3 Å². The topological polar surface area (TPSA) is 37.4 Å². The Kier molecular flexibility index (Phi) is 2.23. The largest absolute Gasteiger partial charge is 0.274 e. The lowest BCUT2D eigenvalue weighted by Crippen LogP contribution is -2.40. The molecule has 6 rings (SSSR count). The zero-order valence-corrected chi connectivity index (χ0v) is 12.9. The Morgan fingerprint density at radius 1 is 0.905 bits per heavy atom. The van der Waals surface area contributed by atoms with Crippen molar-refractivity contribution in [1.82, 2.24) is 0 Å². The number of carbonyl (C=O) groups excluding carboxylic acids is 2. The SMILES string of the molecule is O=C1[C@@H]2[C@@H]3C=C[C@H]([C@H]4C[C@@H]34)[C@@H]2C(=O)N1c1ccc(Br)cc1. The predicted molar refractivity (Wildman–Crippen MR) is 81.3 cm³/mol. The summed E-state index contributed by atoms with van der Waals surface area (Å²) in [7, 11) is 0. The minimum Gasteiger partial charge on any atom is -0.274 e. The van der Waals surface area contributed by atoms with Gasteiger partial charge in [0.2, 0.25) is 11.8 Å². The number of hydrogen-bond donors (Lipinski definition) is 0. The van der Waals surface area contributed by atoms with E-state index in [1.54, 1.807) is 0 Å². The highest BCUT2D eigenvalue weighted by Gasteiger charge is 2.67. The summed E-state index contributed by atoms with van der Waals surface area (Å²) in [6, 6.07) is 7.44. The Morgan fingerprint density at radius 3 is 1.95 bits per heavy atom. The molecule has 3 nitrogen and oxygen atoms in total. The summed E-state index contributed by atoms with van der Waals surface area (Å²) in [6.45, 7) is 0. The Labute approximate surface area is 131 Å². The minimum atomic E-state index is -0.111. The Bertz CT molecular complexity index is 659. The summed E-state index contributed by atoms with van der Waals surface area (Å²) in [5.41, 5.74) is 0.704. The lowest BCUT2D eigenvalue weighted by molar-refractivity contribution is -0.124. The highest BCUT2D eigenvalue weighted by atomic mass is 79.9. The van der Waals surface area contributed by atoms with Crippen LogP contribution in [0.25, 0.3) is 0 Å². The van der Waals surface area contributed by atoms with Crippen molar-refractivity contribution in [3.63, 3.8) is 0 Å². The van der Waals surface area contributed by atoms with Gasteiger partial charge in [0, 0.05) is 4.47 Å². The molecule has 1 aromatic rings. The number of carbonyl (C=O) groups is 2. The van der Waals surface area contributed by atoms with E-state index in [0.717, 1.165) is 4.47 Å². The van der Waals surface area contributed by atoms with Gasteiger partial charge in [-0.2, -0.15) is 0 Å². The van der Waals surface area contributed by atoms with Crippen LogP contribution >= 0.6 is 15.9 Å². The molecule has 2 bridgehead atoms. The van der Waals surface area contributed by atoms with Crippen LogP contribution in [0.1, 0.15) is 6.42 Å². The molecule has 0 radical (unpaired) electrons. The maximum Gasteiger partial charge on any atom is 0.238 e. The van der Waals surface area contributed by atoms with Crippen molar-refractivity contribution in [2.45, 2.75) is 6.42 Å². The van der Waals surface area contributed by atoms with E-state index >= 15 is 0 Å². The zero-order valence-electron chi connectivity index (χ0n) is 11.3. The molecule has 4 aliphatic carbocycles. The van der Waals surface area contributed by atoms with E-state index < -0.39 is 0 Å². The summed E-state index contributed by atoms with van der Waals surface area (Å²) in [4.78, 5) is 27.1. The third kappa shape index (κ3) is 1.44. The van der Waals surface area contributed by atoms with Gasteiger partial charge >= 0.3 is 0 Å². The van der Waals surface area contributed by atoms with Crippen LogP contribution in [0.5, 0.6) is 0 Å². The number of anilines is 1. The van der Waals surface area contributed by atoms with Gasteiger partial charge in [-0.15, -0.1) is 0 Å². The number of nitrogens with zero attached hydrogens (tertiary/aromatic N) is 1. The van der Waals surface area contributed by atoms with Gasteiger partial charge in [-0.05, 0) is 54.4 Å². The number of hydrogen-bond acceptors (Lipinski definition) is 2. The smallest absolute Gasteiger partial charge is 0.238 e. The van der Waals surface area contributed by atoms with Crippen LogP contribution in [-0.2, 0) is 9.59 Å². The van der Waals surface area contributed by atoms with Crippen molar-refractivity contribution in [2.75, 3.05) is 4.90 Å². The summed E-state index contributed by atoms with van der Waals surface area (Å²) >= 11 is 3.39. The molecule has 3 fully saturated rings. The highest BCUT2D eigenvalue weighted by Crippen LogP contribution is 2.65. The lowest BCUT2D eigenvalue weighted by Gasteiger charge is -2.37. The summed E-state index contributed by atoms with van der Waals surface area (Å²) in [5, 5.41) is 0. The molecule has 0 unspecified atom stereocenters. The fourth-order valence-electron chi connectivity index (χ4n) is 4.80. The second-order valence-corrected chi connectivity index (χ2v) is 7.56. The van der Waals surface area contributed by atoms with Crippen LogP contribution in [0.2, 0.25) is 0 Å². The molecule has 5 aliphatic rings. The first kappa shape index (κ1) is 12.2. The van der Waals surface area contributed by atoms with Crippen molar-refractivity contribution in [3.8, 4) is 0 Å². The van der Waals surface area contributed by atoms with E-state index in [0.29, 0.717) is 29.4 Å². The molecule has 0 spiro atoms. The number of rotatable bonds is 1. The Balaban J connectivity index is 1.58. The number of halogens is 1. The molecule has 106 valence electrons. The number of benzene rings is 1. The number of imide groups is 1. The molecular formula is C17H14BrNO2. The molecule has 2 amide bonds. The van der Waals surface area contributed by atoms with Gasteiger partial charge in [0.05, 0.1) is 17.5 Å². The van der Waals surface area contributed by atoms with Gasteiger partial charge in [-0.3, -0.25) is 14.5 Å². The molecule has 1 aliphatic heterocycles. The third-order valence-corrected chi connectivity index (χ3v) is 6.28. The molecule has 1 saturated heterocycles. The van der Waals surface area contributed by atoms with Gasteiger partial charge in [0.25, 0.3) is 0 Å². The first-order valence-electron chi connectivity index (χ1n) is 7.48. The summed E-state index contributed by atoms with van der Waals surface area (Å²) in [6.07, 6.45) is 5.61. The van der Waals surface area contributed by atoms with Gasteiger partial charge in [0.1, 0.15) is 0 Å². The maximum atomic E-state index is 12.8. The first-order chi connectivity index (χ1) is 10.2. The summed E-state index contributed by atoms with van der Waals surface area (Å²) < 4.78 is 0.950. The third-order valence-electron chi connectivity index (χ3n) is 5.75. The van der Waals surface area contributed by atoms with Crippen LogP contribution in [0.3, 0.4) is 0 Å². The average Bonchev–Trinajstić information content (AvgIpc) is 3.26. The maximum absolute atomic E-state index is 12.8. The van der Waals surface area contributed by atoms with Gasteiger partial charge < -0.3 is 0 Å². The van der Waals surface area contributed by atoms with Crippen LogP contribution in [0.15, 0.2) is 40.9 Å². The van der Waals surface area contributed by atoms with Crippen LogP contribution in [0.4, 0.5) is 5.69 Å². The number of amides is 2. The van der Waals surface area contributed by atoms with E-state index in [4.69, 9.17) is 0 Å². The summed E-state index contributed by atoms with van der Waals surface area (Å²) in [5.74, 6) is 1.70. The second kappa shape index (κ2) is 3.86. The Hall–Kier alpha value is -1.42. The number of allylic oxidation sites excluding steroid dienone is 2. The van der Waals surface area contributed by atoms with Gasteiger partial charge in [0.15, 0.2) is 0 Å². The monoisotopic (exact) mass is 343 g/mol. The lowest BCUT2D eigenvalue weighted by atomic mass is 9.63. The minimum absolute atomic E-state index is 0.0111. The normalized spacial score (nSPS) is 42.2. The second-order valence-electron chi connectivity index (χ2n) is 6.64. The van der Waals surface area contributed by atoms with E-state index in [9.17, 15) is 9.59 Å². The van der Waals surface area contributed by atoms with E-state index in [1.165, 1.54) is 11.3 Å². The quantitative estimate of drug-likeness (QED) is 0.580. The first-order valence-corrected chi connectivity index (χ1v) is 8.28. The van der Waals surface area contributed by atoms with Crippen LogP contribution in [-0.4, -0.2) is 11.8 Å². The molecule has 1 heterocycles. The van der Waals surface area contributed by atoms with Crippen LogP contribution in [0, 0.1) is 35.5 Å². The molecule has 0 N–H and O–H groups in total. The average molecular weight is 344 g/mol. The van der Waals surface area contributed by atoms with E-state index in [-0.39, 0.29) is 23.7 Å². The van der Waals surface area contributed by atoms with Crippen LogP contribution < -0.4 is 4.90 Å². The van der Waals surface area contributed by atoms with Gasteiger partial charge in [-0.25, -0.2) is 0 Å². The molecule has 0 aromatic heterocycles. The van der Waals surface area contributed by atoms with Crippen molar-refractivity contribution >= 4 is 33.4 Å². The van der Waals surface area contributed by atoms with Gasteiger partial charge in [-0.1, -0.05) is 28.1 Å².